The van der Waals surface area contributed by atoms with Crippen molar-refractivity contribution >= 4 is 17.6 Å². The lowest BCUT2D eigenvalue weighted by Crippen LogP contribution is -2.45. The van der Waals surface area contributed by atoms with Crippen LogP contribution in [0.2, 0.25) is 0 Å². The Hall–Kier alpha value is -2.24. The van der Waals surface area contributed by atoms with E-state index in [1.165, 1.54) is 0 Å². The first-order valence-corrected chi connectivity index (χ1v) is 9.41. The second-order valence-corrected chi connectivity index (χ2v) is 6.99. The molecule has 26 heavy (non-hydrogen) atoms. The molecule has 1 saturated heterocycles. The van der Waals surface area contributed by atoms with Gasteiger partial charge in [0.1, 0.15) is 5.75 Å². The van der Waals surface area contributed by atoms with E-state index >= 15 is 0 Å². The van der Waals surface area contributed by atoms with Crippen molar-refractivity contribution in [3.8, 4) is 5.75 Å². The second-order valence-electron chi connectivity index (χ2n) is 6.99. The quantitative estimate of drug-likeness (QED) is 0.843. The maximum Gasteiger partial charge on any atom is 0.321 e. The molecule has 3 amide bonds. The highest BCUT2D eigenvalue weighted by atomic mass is 16.5. The molecule has 0 aromatic heterocycles. The van der Waals surface area contributed by atoms with E-state index in [9.17, 15) is 9.59 Å². The minimum absolute atomic E-state index is 0.0316. The van der Waals surface area contributed by atoms with Crippen LogP contribution in [0.15, 0.2) is 18.2 Å². The molecule has 6 nitrogen and oxygen atoms in total. The number of nitrogens with one attached hydrogen (secondary N) is 1. The first-order valence-electron chi connectivity index (χ1n) is 9.41. The van der Waals surface area contributed by atoms with Crippen molar-refractivity contribution in [1.82, 2.24) is 9.80 Å². The van der Waals surface area contributed by atoms with Gasteiger partial charge in [-0.05, 0) is 49.9 Å². The van der Waals surface area contributed by atoms with Gasteiger partial charge in [0.15, 0.2) is 0 Å². The monoisotopic (exact) mass is 361 g/mol. The van der Waals surface area contributed by atoms with E-state index in [0.717, 1.165) is 49.2 Å². The summed E-state index contributed by atoms with van der Waals surface area (Å²) in [4.78, 5) is 28.6. The lowest BCUT2D eigenvalue weighted by atomic mass is 9.95. The Bertz CT molecular complexity index is 625. The molecule has 1 aromatic rings. The van der Waals surface area contributed by atoms with Gasteiger partial charge in [0.05, 0.1) is 7.11 Å². The van der Waals surface area contributed by atoms with Crippen LogP contribution in [-0.4, -0.2) is 55.5 Å². The van der Waals surface area contributed by atoms with E-state index < -0.39 is 0 Å². The van der Waals surface area contributed by atoms with Crippen LogP contribution in [0.3, 0.4) is 0 Å². The van der Waals surface area contributed by atoms with Crippen molar-refractivity contribution < 1.29 is 14.3 Å². The predicted octanol–water partition coefficient (Wildman–Crippen LogP) is 3.51. The van der Waals surface area contributed by atoms with E-state index in [4.69, 9.17) is 4.74 Å². The molecule has 6 heteroatoms. The lowest BCUT2D eigenvalue weighted by Gasteiger charge is -2.33. The van der Waals surface area contributed by atoms with Crippen molar-refractivity contribution in [2.45, 2.75) is 39.5 Å². The molecule has 0 saturated carbocycles. The highest BCUT2D eigenvalue weighted by Gasteiger charge is 2.29. The van der Waals surface area contributed by atoms with E-state index in [2.05, 4.69) is 12.2 Å². The summed E-state index contributed by atoms with van der Waals surface area (Å²) in [6.07, 6.45) is 3.57. The summed E-state index contributed by atoms with van der Waals surface area (Å²) < 4.78 is 5.24. The number of ether oxygens (including phenoxy) is 1. The first-order chi connectivity index (χ1) is 12.5. The van der Waals surface area contributed by atoms with Crippen molar-refractivity contribution in [3.63, 3.8) is 0 Å². The van der Waals surface area contributed by atoms with Gasteiger partial charge in [0.25, 0.3) is 0 Å². The normalized spacial score (nSPS) is 14.8. The van der Waals surface area contributed by atoms with Crippen LogP contribution in [0.4, 0.5) is 10.5 Å². The van der Waals surface area contributed by atoms with Gasteiger partial charge in [0.2, 0.25) is 5.91 Å². The minimum Gasteiger partial charge on any atom is -0.496 e. The summed E-state index contributed by atoms with van der Waals surface area (Å²) in [5.41, 5.74) is 1.73. The molecule has 0 unspecified atom stereocenters. The maximum atomic E-state index is 12.5. The van der Waals surface area contributed by atoms with Gasteiger partial charge in [-0.3, -0.25) is 4.79 Å². The molecule has 1 aliphatic rings. The van der Waals surface area contributed by atoms with Crippen LogP contribution >= 0.6 is 0 Å². The minimum atomic E-state index is -0.111. The fraction of sp³-hybridized carbons (Fsp3) is 0.600. The number of carbonyl (C=O) groups excluding carboxylic acids is 2. The third-order valence-corrected chi connectivity index (χ3v) is 5.00. The Balaban J connectivity index is 1.84. The Morgan fingerprint density at radius 2 is 2.00 bits per heavy atom. The number of piperidine rings is 1. The Morgan fingerprint density at radius 3 is 2.58 bits per heavy atom. The molecule has 0 bridgehead atoms. The molecule has 0 aliphatic carbocycles. The molecule has 1 aromatic carbocycles. The number of anilines is 1. The average molecular weight is 361 g/mol. The third kappa shape index (κ3) is 5.13. The molecule has 0 spiro atoms. The molecule has 0 radical (unpaired) electrons. The van der Waals surface area contributed by atoms with Crippen molar-refractivity contribution in [2.24, 2.45) is 5.92 Å². The van der Waals surface area contributed by atoms with Crippen LogP contribution < -0.4 is 10.1 Å². The molecule has 2 rings (SSSR count). The highest BCUT2D eigenvalue weighted by molar-refractivity contribution is 5.89. The van der Waals surface area contributed by atoms with Gasteiger partial charge in [-0.1, -0.05) is 13.3 Å². The number of benzene rings is 1. The zero-order chi connectivity index (χ0) is 19.1. The zero-order valence-electron chi connectivity index (χ0n) is 16.4. The number of hydrogen-bond donors (Lipinski definition) is 1. The Labute approximate surface area is 156 Å². The van der Waals surface area contributed by atoms with Gasteiger partial charge < -0.3 is 19.9 Å². The smallest absolute Gasteiger partial charge is 0.321 e. The molecule has 1 N–H and O–H groups in total. The summed E-state index contributed by atoms with van der Waals surface area (Å²) in [5, 5.41) is 2.93. The number of unbranched alkanes of at least 4 members (excludes halogenated alkanes) is 1. The number of nitrogens with zero attached hydrogens (tertiary/aromatic N) is 2. The summed E-state index contributed by atoms with van der Waals surface area (Å²) in [6.45, 7) is 6.10. The van der Waals surface area contributed by atoms with Gasteiger partial charge in [-0.2, -0.15) is 0 Å². The van der Waals surface area contributed by atoms with E-state index in [1.807, 2.05) is 37.1 Å². The average Bonchev–Trinajstić information content (AvgIpc) is 2.65. The van der Waals surface area contributed by atoms with Crippen molar-refractivity contribution in [2.75, 3.05) is 39.1 Å². The zero-order valence-corrected chi connectivity index (χ0v) is 16.4. The van der Waals surface area contributed by atoms with Crippen LogP contribution in [0.1, 0.15) is 38.2 Å². The third-order valence-electron chi connectivity index (χ3n) is 5.00. The summed E-state index contributed by atoms with van der Waals surface area (Å²) >= 11 is 0. The van der Waals surface area contributed by atoms with Gasteiger partial charge >= 0.3 is 6.03 Å². The molecule has 1 aliphatic heterocycles. The number of likely N-dealkylation sites (tertiary alicyclic amines) is 1. The van der Waals surface area contributed by atoms with Gasteiger partial charge in [-0.15, -0.1) is 0 Å². The second kappa shape index (κ2) is 9.46. The van der Waals surface area contributed by atoms with Crippen LogP contribution in [0.25, 0.3) is 0 Å². The Kier molecular flexibility index (Phi) is 7.30. The van der Waals surface area contributed by atoms with Gasteiger partial charge in [0, 0.05) is 38.3 Å². The van der Waals surface area contributed by atoms with E-state index in [0.29, 0.717) is 13.1 Å². The topological polar surface area (TPSA) is 61.9 Å². The van der Waals surface area contributed by atoms with Gasteiger partial charge in [-0.25, -0.2) is 4.79 Å². The summed E-state index contributed by atoms with van der Waals surface area (Å²) in [7, 11) is 3.51. The van der Waals surface area contributed by atoms with E-state index in [-0.39, 0.29) is 17.9 Å². The summed E-state index contributed by atoms with van der Waals surface area (Å²) in [6, 6.07) is 5.47. The molecule has 144 valence electrons. The predicted molar refractivity (Wildman–Crippen MR) is 104 cm³/mol. The van der Waals surface area contributed by atoms with E-state index in [1.54, 1.807) is 12.0 Å². The molecular weight excluding hydrogens is 330 g/mol. The number of urea groups is 1. The molecular formula is C20H31N3O3. The number of carbonyl (C=O) groups is 2. The van der Waals surface area contributed by atoms with Crippen LogP contribution in [0, 0.1) is 12.8 Å². The SMILES string of the molecule is CCCCN(C)C(=O)C1CCN(C(=O)Nc2ccc(OC)c(C)c2)CC1. The summed E-state index contributed by atoms with van der Waals surface area (Å²) in [5.74, 6) is 1.04. The standard InChI is InChI=1S/C20H31N3O3/c1-5-6-11-22(3)19(24)16-9-12-23(13-10-16)20(25)21-17-7-8-18(26-4)15(2)14-17/h7-8,14,16H,5-6,9-13H2,1-4H3,(H,21,25). The number of amides is 3. The Morgan fingerprint density at radius 1 is 1.31 bits per heavy atom. The number of hydrogen-bond acceptors (Lipinski definition) is 3. The number of methoxy groups -OCH3 is 1. The molecule has 1 heterocycles. The van der Waals surface area contributed by atoms with Crippen LogP contribution in [0.5, 0.6) is 5.75 Å². The fourth-order valence-electron chi connectivity index (χ4n) is 3.31. The molecule has 0 atom stereocenters. The highest BCUT2D eigenvalue weighted by Crippen LogP contribution is 2.23. The maximum absolute atomic E-state index is 12.5. The largest absolute Gasteiger partial charge is 0.496 e. The molecule has 1 fully saturated rings. The number of rotatable bonds is 6. The fourth-order valence-corrected chi connectivity index (χ4v) is 3.31. The number of aryl methyl sites for hydroxylation is 1. The first kappa shape index (κ1) is 20.1. The lowest BCUT2D eigenvalue weighted by molar-refractivity contribution is -0.135. The van der Waals surface area contributed by atoms with Crippen LogP contribution in [-0.2, 0) is 4.79 Å². The van der Waals surface area contributed by atoms with Crippen molar-refractivity contribution in [1.29, 1.82) is 0 Å². The van der Waals surface area contributed by atoms with Crippen molar-refractivity contribution in [3.05, 3.63) is 23.8 Å².